The molecule has 1 amide bonds. The Kier molecular flexibility index (Phi) is 6.52. The van der Waals surface area contributed by atoms with Crippen molar-refractivity contribution < 1.29 is 19.4 Å². The minimum atomic E-state index is -1.13. The summed E-state index contributed by atoms with van der Waals surface area (Å²) in [6.07, 6.45) is 4.34. The van der Waals surface area contributed by atoms with Gasteiger partial charge in [-0.2, -0.15) is 0 Å². The summed E-state index contributed by atoms with van der Waals surface area (Å²) in [7, 11) is 0. The third-order valence-corrected chi connectivity index (χ3v) is 4.55. The molecule has 0 saturated heterocycles. The van der Waals surface area contributed by atoms with E-state index in [1.54, 1.807) is 6.08 Å². The molecule has 1 saturated carbocycles. The maximum absolute atomic E-state index is 12.4. The van der Waals surface area contributed by atoms with E-state index in [0.717, 1.165) is 12.8 Å². The van der Waals surface area contributed by atoms with E-state index in [-0.39, 0.29) is 28.0 Å². The van der Waals surface area contributed by atoms with Crippen molar-refractivity contribution >= 4 is 35.1 Å². The van der Waals surface area contributed by atoms with Gasteiger partial charge >= 0.3 is 0 Å². The number of ether oxygens (including phenoxy) is 1. The number of carboxylic acids is 1. The Bertz CT molecular complexity index is 624. The second kappa shape index (κ2) is 8.40. The summed E-state index contributed by atoms with van der Waals surface area (Å²) < 4.78 is 5.35. The van der Waals surface area contributed by atoms with Crippen LogP contribution in [0.3, 0.4) is 0 Å². The Morgan fingerprint density at radius 2 is 1.92 bits per heavy atom. The number of rotatable bonds is 6. The molecule has 1 aliphatic carbocycles. The summed E-state index contributed by atoms with van der Waals surface area (Å²) >= 11 is 12.2. The minimum Gasteiger partial charge on any atom is -0.550 e. The second-order valence-electron chi connectivity index (χ2n) is 5.66. The Labute approximate surface area is 150 Å². The number of carbonyl (C=O) groups is 2. The van der Waals surface area contributed by atoms with Gasteiger partial charge in [0.1, 0.15) is 6.61 Å². The molecule has 0 heterocycles. The third-order valence-electron chi connectivity index (χ3n) is 3.99. The van der Waals surface area contributed by atoms with Crippen LogP contribution in [0.2, 0.25) is 10.0 Å². The lowest BCUT2D eigenvalue weighted by Gasteiger charge is -2.32. The van der Waals surface area contributed by atoms with Crippen LogP contribution in [0, 0.1) is 5.92 Å². The number of nitrogens with one attached hydrogen (secondary N) is 1. The topological polar surface area (TPSA) is 78.5 Å². The molecule has 130 valence electrons. The highest BCUT2D eigenvalue weighted by Crippen LogP contribution is 2.34. The zero-order valence-electron chi connectivity index (χ0n) is 13.0. The molecule has 1 aliphatic rings. The van der Waals surface area contributed by atoms with E-state index in [1.807, 2.05) is 0 Å². The SMILES string of the molecule is C=CCOc1c(Cl)cc(C(=O)N[C@@H]2CCCC[C@@H]2C(=O)[O-])cc1Cl. The first-order chi connectivity index (χ1) is 11.4. The quantitative estimate of drug-likeness (QED) is 0.780. The molecule has 0 aromatic heterocycles. The van der Waals surface area contributed by atoms with Gasteiger partial charge in [0.2, 0.25) is 0 Å². The van der Waals surface area contributed by atoms with E-state index in [4.69, 9.17) is 27.9 Å². The van der Waals surface area contributed by atoms with Crippen LogP contribution in [0.25, 0.3) is 0 Å². The number of amides is 1. The normalized spacial score (nSPS) is 20.2. The number of carboxylic acid groups (broad SMARTS) is 1. The Balaban J connectivity index is 2.14. The number of carbonyl (C=O) groups excluding carboxylic acids is 2. The summed E-state index contributed by atoms with van der Waals surface area (Å²) in [6.45, 7) is 3.78. The van der Waals surface area contributed by atoms with Crippen LogP contribution in [-0.2, 0) is 4.79 Å². The van der Waals surface area contributed by atoms with Crippen molar-refractivity contribution in [3.8, 4) is 5.75 Å². The number of halogens is 2. The van der Waals surface area contributed by atoms with Crippen LogP contribution >= 0.6 is 23.2 Å². The van der Waals surface area contributed by atoms with Crippen LogP contribution in [-0.4, -0.2) is 24.5 Å². The van der Waals surface area contributed by atoms with Gasteiger partial charge in [-0.05, 0) is 25.0 Å². The van der Waals surface area contributed by atoms with Crippen molar-refractivity contribution in [1.82, 2.24) is 5.32 Å². The van der Waals surface area contributed by atoms with E-state index in [0.29, 0.717) is 12.8 Å². The molecule has 1 aromatic rings. The highest BCUT2D eigenvalue weighted by Gasteiger charge is 2.28. The molecule has 2 rings (SSSR count). The molecule has 0 aliphatic heterocycles. The summed E-state index contributed by atoms with van der Waals surface area (Å²) in [6, 6.07) is 2.43. The van der Waals surface area contributed by atoms with Gasteiger partial charge in [-0.1, -0.05) is 48.7 Å². The number of aliphatic carboxylic acids is 1. The van der Waals surface area contributed by atoms with Gasteiger partial charge in [0, 0.05) is 23.5 Å². The molecular weight excluding hydrogens is 353 g/mol. The third kappa shape index (κ3) is 4.42. The van der Waals surface area contributed by atoms with Gasteiger partial charge < -0.3 is 20.0 Å². The van der Waals surface area contributed by atoms with E-state index in [2.05, 4.69) is 11.9 Å². The van der Waals surface area contributed by atoms with Crippen molar-refractivity contribution in [2.75, 3.05) is 6.61 Å². The smallest absolute Gasteiger partial charge is 0.251 e. The van der Waals surface area contributed by atoms with Gasteiger partial charge in [0.25, 0.3) is 5.91 Å². The molecule has 0 spiro atoms. The molecule has 0 unspecified atom stereocenters. The van der Waals surface area contributed by atoms with Crippen LogP contribution < -0.4 is 15.2 Å². The first-order valence-corrected chi connectivity index (χ1v) is 8.44. The van der Waals surface area contributed by atoms with Crippen molar-refractivity contribution in [3.05, 3.63) is 40.4 Å². The van der Waals surface area contributed by atoms with E-state index in [1.165, 1.54) is 12.1 Å². The highest BCUT2D eigenvalue weighted by molar-refractivity contribution is 6.37. The standard InChI is InChI=1S/C17H19Cl2NO4/c1-2-7-24-15-12(18)8-10(9-13(15)19)16(21)20-14-6-4-3-5-11(14)17(22)23/h2,8-9,11,14H,1,3-7H2,(H,20,21)(H,22,23)/p-1/t11-,14+/m0/s1. The molecule has 5 nitrogen and oxygen atoms in total. The Morgan fingerprint density at radius 3 is 2.50 bits per heavy atom. The summed E-state index contributed by atoms with van der Waals surface area (Å²) in [5.74, 6) is -1.96. The van der Waals surface area contributed by atoms with Crippen LogP contribution in [0.15, 0.2) is 24.8 Å². The monoisotopic (exact) mass is 370 g/mol. The van der Waals surface area contributed by atoms with Crippen molar-refractivity contribution in [3.63, 3.8) is 0 Å². The molecule has 0 bridgehead atoms. The average Bonchev–Trinajstić information content (AvgIpc) is 2.54. The molecule has 7 heteroatoms. The van der Waals surface area contributed by atoms with Gasteiger partial charge in [0.15, 0.2) is 5.75 Å². The molecular formula is C17H18Cl2NO4-. The van der Waals surface area contributed by atoms with E-state index >= 15 is 0 Å². The molecule has 24 heavy (non-hydrogen) atoms. The maximum Gasteiger partial charge on any atom is 0.251 e. The summed E-state index contributed by atoms with van der Waals surface area (Å²) in [4.78, 5) is 23.6. The zero-order chi connectivity index (χ0) is 17.7. The average molecular weight is 371 g/mol. The fourth-order valence-electron chi connectivity index (χ4n) is 2.81. The number of benzene rings is 1. The summed E-state index contributed by atoms with van der Waals surface area (Å²) in [5, 5.41) is 14.4. The van der Waals surface area contributed by atoms with Crippen LogP contribution in [0.1, 0.15) is 36.0 Å². The molecule has 1 N–H and O–H groups in total. The first-order valence-electron chi connectivity index (χ1n) is 7.68. The fraction of sp³-hybridized carbons (Fsp3) is 0.412. The Morgan fingerprint density at radius 1 is 1.29 bits per heavy atom. The van der Waals surface area contributed by atoms with Gasteiger partial charge in [-0.3, -0.25) is 4.79 Å². The van der Waals surface area contributed by atoms with Crippen LogP contribution in [0.5, 0.6) is 5.75 Å². The fourth-order valence-corrected chi connectivity index (χ4v) is 3.40. The lowest BCUT2D eigenvalue weighted by atomic mass is 9.84. The number of hydrogen-bond acceptors (Lipinski definition) is 4. The molecule has 2 atom stereocenters. The van der Waals surface area contributed by atoms with Crippen molar-refractivity contribution in [2.45, 2.75) is 31.7 Å². The van der Waals surface area contributed by atoms with Crippen molar-refractivity contribution in [1.29, 1.82) is 0 Å². The lowest BCUT2D eigenvalue weighted by Crippen LogP contribution is -2.49. The molecule has 1 aromatic carbocycles. The lowest BCUT2D eigenvalue weighted by molar-refractivity contribution is -0.313. The van der Waals surface area contributed by atoms with E-state index in [9.17, 15) is 14.7 Å². The number of hydrogen-bond donors (Lipinski definition) is 1. The molecule has 0 radical (unpaired) electrons. The predicted molar refractivity (Wildman–Crippen MR) is 90.4 cm³/mol. The highest BCUT2D eigenvalue weighted by atomic mass is 35.5. The van der Waals surface area contributed by atoms with Gasteiger partial charge in [-0.15, -0.1) is 0 Å². The first kappa shape index (κ1) is 18.6. The summed E-state index contributed by atoms with van der Waals surface area (Å²) in [5.41, 5.74) is 0.249. The van der Waals surface area contributed by atoms with Crippen molar-refractivity contribution in [2.24, 2.45) is 5.92 Å². The van der Waals surface area contributed by atoms with Gasteiger partial charge in [-0.25, -0.2) is 0 Å². The van der Waals surface area contributed by atoms with Crippen LogP contribution in [0.4, 0.5) is 0 Å². The zero-order valence-corrected chi connectivity index (χ0v) is 14.5. The Hall–Kier alpha value is -1.72. The van der Waals surface area contributed by atoms with Gasteiger partial charge in [0.05, 0.1) is 10.0 Å². The van der Waals surface area contributed by atoms with E-state index < -0.39 is 23.8 Å². The minimum absolute atomic E-state index is 0.203. The largest absolute Gasteiger partial charge is 0.550 e. The predicted octanol–water partition coefficient (Wildman–Crippen LogP) is 2.60. The molecule has 1 fully saturated rings. The maximum atomic E-state index is 12.4. The second-order valence-corrected chi connectivity index (χ2v) is 6.47.